The third-order valence-electron chi connectivity index (χ3n) is 4.71. The fourth-order valence-electron chi connectivity index (χ4n) is 3.14. The third kappa shape index (κ3) is 3.87. The van der Waals surface area contributed by atoms with E-state index in [4.69, 9.17) is 0 Å². The number of hydrogen-bond acceptors (Lipinski definition) is 7. The van der Waals surface area contributed by atoms with E-state index in [1.54, 1.807) is 4.68 Å². The highest BCUT2D eigenvalue weighted by Crippen LogP contribution is 2.29. The van der Waals surface area contributed by atoms with Crippen molar-refractivity contribution in [2.45, 2.75) is 33.9 Å². The standard InChI is InChI=1S/C18H19N7O5/c1-11-15(12(2)23(20-11)14-7-5-4-6-8-14)9-19-16(26)10-22-13(3)17(24(27)28)18(21-22)25(29)30/h4-8H,9-10H2,1-3H3,(H,19,26). The summed E-state index contributed by atoms with van der Waals surface area (Å²) >= 11 is 0. The van der Waals surface area contributed by atoms with Crippen LogP contribution >= 0.6 is 0 Å². The minimum atomic E-state index is -0.940. The number of nitro groups is 2. The molecule has 3 rings (SSSR count). The minimum absolute atomic E-state index is 0.0638. The average molecular weight is 413 g/mol. The van der Waals surface area contributed by atoms with Crippen molar-refractivity contribution >= 4 is 17.4 Å². The van der Waals surface area contributed by atoms with E-state index in [1.807, 2.05) is 44.2 Å². The number of aromatic nitrogens is 4. The minimum Gasteiger partial charge on any atom is -0.358 e. The fraction of sp³-hybridized carbons (Fsp3) is 0.278. The lowest BCUT2D eigenvalue weighted by Gasteiger charge is -2.07. The number of nitrogens with zero attached hydrogens (tertiary/aromatic N) is 6. The molecule has 0 saturated heterocycles. The number of aryl methyl sites for hydroxylation is 1. The van der Waals surface area contributed by atoms with Crippen LogP contribution < -0.4 is 5.32 Å². The maximum Gasteiger partial charge on any atom is 0.468 e. The summed E-state index contributed by atoms with van der Waals surface area (Å²) in [4.78, 5) is 32.6. The Bertz CT molecular complexity index is 1130. The Balaban J connectivity index is 1.75. The molecule has 3 aromatic rings. The highest BCUT2D eigenvalue weighted by molar-refractivity contribution is 5.76. The molecule has 12 nitrogen and oxygen atoms in total. The molecule has 1 aromatic carbocycles. The van der Waals surface area contributed by atoms with E-state index in [1.165, 1.54) is 6.92 Å². The molecule has 0 atom stereocenters. The highest BCUT2D eigenvalue weighted by Gasteiger charge is 2.35. The van der Waals surface area contributed by atoms with Crippen LogP contribution in [0.25, 0.3) is 5.69 Å². The summed E-state index contributed by atoms with van der Waals surface area (Å²) in [6.07, 6.45) is 0. The maximum absolute atomic E-state index is 12.4. The van der Waals surface area contributed by atoms with Crippen molar-refractivity contribution in [2.24, 2.45) is 0 Å². The monoisotopic (exact) mass is 413 g/mol. The van der Waals surface area contributed by atoms with Gasteiger partial charge in [0.05, 0.1) is 21.4 Å². The van der Waals surface area contributed by atoms with Crippen molar-refractivity contribution < 1.29 is 14.6 Å². The average Bonchev–Trinajstić information content (AvgIpc) is 3.17. The second-order valence-corrected chi connectivity index (χ2v) is 6.60. The number of nitrogens with one attached hydrogen (secondary N) is 1. The van der Waals surface area contributed by atoms with Crippen LogP contribution in [0.1, 0.15) is 22.6 Å². The predicted octanol–water partition coefficient (Wildman–Crippen LogP) is 2.13. The van der Waals surface area contributed by atoms with E-state index in [-0.39, 0.29) is 18.8 Å². The van der Waals surface area contributed by atoms with Crippen LogP contribution in [0.15, 0.2) is 30.3 Å². The number of amides is 1. The molecule has 0 radical (unpaired) electrons. The Morgan fingerprint density at radius 2 is 1.70 bits per heavy atom. The molecule has 0 saturated carbocycles. The Morgan fingerprint density at radius 1 is 1.03 bits per heavy atom. The molecule has 1 amide bonds. The quantitative estimate of drug-likeness (QED) is 0.460. The molecule has 156 valence electrons. The van der Waals surface area contributed by atoms with E-state index in [2.05, 4.69) is 15.5 Å². The lowest BCUT2D eigenvalue weighted by molar-refractivity contribution is -0.424. The molecule has 0 fully saturated rings. The van der Waals surface area contributed by atoms with E-state index < -0.39 is 27.3 Å². The molecular formula is C18H19N7O5. The van der Waals surface area contributed by atoms with Gasteiger partial charge in [0.15, 0.2) is 0 Å². The molecule has 2 heterocycles. The van der Waals surface area contributed by atoms with Gasteiger partial charge in [-0.3, -0.25) is 14.9 Å². The van der Waals surface area contributed by atoms with Crippen LogP contribution in [0.2, 0.25) is 0 Å². The summed E-state index contributed by atoms with van der Waals surface area (Å²) in [5, 5.41) is 32.9. The summed E-state index contributed by atoms with van der Waals surface area (Å²) in [6, 6.07) is 9.54. The molecule has 30 heavy (non-hydrogen) atoms. The largest absolute Gasteiger partial charge is 0.468 e. The van der Waals surface area contributed by atoms with Crippen molar-refractivity contribution in [3.8, 4) is 5.69 Å². The van der Waals surface area contributed by atoms with E-state index in [0.717, 1.165) is 27.3 Å². The van der Waals surface area contributed by atoms with Gasteiger partial charge in [0.2, 0.25) is 5.91 Å². The van der Waals surface area contributed by atoms with Crippen LogP contribution in [0, 0.1) is 41.0 Å². The first kappa shape index (κ1) is 20.6. The number of carbonyl (C=O) groups excluding carboxylic acids is 1. The van der Waals surface area contributed by atoms with Gasteiger partial charge in [-0.2, -0.15) is 9.78 Å². The van der Waals surface area contributed by atoms with E-state index in [0.29, 0.717) is 0 Å². The Kier molecular flexibility index (Phi) is 5.58. The Labute approximate surface area is 170 Å². The van der Waals surface area contributed by atoms with Gasteiger partial charge in [-0.1, -0.05) is 18.2 Å². The molecule has 0 unspecified atom stereocenters. The molecule has 0 aliphatic rings. The van der Waals surface area contributed by atoms with Crippen molar-refractivity contribution in [1.29, 1.82) is 0 Å². The molecular weight excluding hydrogens is 394 g/mol. The summed E-state index contributed by atoms with van der Waals surface area (Å²) in [5.41, 5.74) is 2.55. The zero-order chi connectivity index (χ0) is 22.0. The van der Waals surface area contributed by atoms with Gasteiger partial charge in [-0.05, 0) is 37.8 Å². The fourth-order valence-corrected chi connectivity index (χ4v) is 3.14. The lowest BCUT2D eigenvalue weighted by Crippen LogP contribution is -2.28. The molecule has 0 aliphatic carbocycles. The SMILES string of the molecule is Cc1nn(-c2ccccc2)c(C)c1CNC(=O)Cn1nc([N+](=O)[O-])c([N+](=O)[O-])c1C. The number of benzene rings is 1. The zero-order valence-electron chi connectivity index (χ0n) is 16.5. The molecule has 12 heteroatoms. The maximum atomic E-state index is 12.4. The summed E-state index contributed by atoms with van der Waals surface area (Å²) in [6.45, 7) is 4.83. The zero-order valence-corrected chi connectivity index (χ0v) is 16.5. The highest BCUT2D eigenvalue weighted by atomic mass is 16.6. The van der Waals surface area contributed by atoms with Crippen molar-refractivity contribution in [3.05, 3.63) is 73.2 Å². The molecule has 0 aliphatic heterocycles. The number of carbonyl (C=O) groups is 1. The van der Waals surface area contributed by atoms with Crippen molar-refractivity contribution in [2.75, 3.05) is 0 Å². The number of para-hydroxylation sites is 1. The molecule has 1 N–H and O–H groups in total. The van der Waals surface area contributed by atoms with Crippen molar-refractivity contribution in [1.82, 2.24) is 24.9 Å². The molecule has 2 aromatic heterocycles. The van der Waals surface area contributed by atoms with Crippen LogP contribution in [-0.4, -0.2) is 35.3 Å². The second kappa shape index (κ2) is 8.11. The van der Waals surface area contributed by atoms with Gasteiger partial charge in [0.25, 0.3) is 0 Å². The van der Waals surface area contributed by atoms with Gasteiger partial charge in [-0.25, -0.2) is 4.68 Å². The molecule has 0 bridgehead atoms. The van der Waals surface area contributed by atoms with Gasteiger partial charge in [0.1, 0.15) is 12.2 Å². The summed E-state index contributed by atoms with van der Waals surface area (Å²) < 4.78 is 2.74. The first-order chi connectivity index (χ1) is 14.2. The second-order valence-electron chi connectivity index (χ2n) is 6.60. The predicted molar refractivity (Wildman–Crippen MR) is 105 cm³/mol. The normalized spacial score (nSPS) is 10.8. The number of rotatable bonds is 7. The summed E-state index contributed by atoms with van der Waals surface area (Å²) in [5.74, 6) is -1.38. The van der Waals surface area contributed by atoms with Crippen LogP contribution in [0.3, 0.4) is 0 Å². The topological polar surface area (TPSA) is 151 Å². The van der Waals surface area contributed by atoms with Gasteiger partial charge in [0, 0.05) is 17.8 Å². The van der Waals surface area contributed by atoms with Gasteiger partial charge < -0.3 is 15.4 Å². The first-order valence-electron chi connectivity index (χ1n) is 8.94. The van der Waals surface area contributed by atoms with Crippen LogP contribution in [-0.2, 0) is 17.9 Å². The number of hydrogen-bond donors (Lipinski definition) is 1. The smallest absolute Gasteiger partial charge is 0.358 e. The molecule has 0 spiro atoms. The van der Waals surface area contributed by atoms with Crippen LogP contribution in [0.5, 0.6) is 0 Å². The van der Waals surface area contributed by atoms with Crippen molar-refractivity contribution in [3.63, 3.8) is 0 Å². The summed E-state index contributed by atoms with van der Waals surface area (Å²) in [7, 11) is 0. The Morgan fingerprint density at radius 3 is 2.27 bits per heavy atom. The van der Waals surface area contributed by atoms with Gasteiger partial charge >= 0.3 is 11.5 Å². The first-order valence-corrected chi connectivity index (χ1v) is 8.94. The van der Waals surface area contributed by atoms with Gasteiger partial charge in [-0.15, -0.1) is 0 Å². The lowest BCUT2D eigenvalue weighted by atomic mass is 10.2. The Hall–Kier alpha value is -4.09. The van der Waals surface area contributed by atoms with Crippen LogP contribution in [0.4, 0.5) is 11.5 Å². The third-order valence-corrected chi connectivity index (χ3v) is 4.71. The van der Waals surface area contributed by atoms with E-state index >= 15 is 0 Å². The van der Waals surface area contributed by atoms with E-state index in [9.17, 15) is 25.0 Å².